The van der Waals surface area contributed by atoms with Crippen molar-refractivity contribution in [2.45, 2.75) is 77.3 Å². The van der Waals surface area contributed by atoms with Crippen molar-refractivity contribution in [2.75, 3.05) is 11.4 Å². The zero-order valence-electron chi connectivity index (χ0n) is 13.5. The fraction of sp³-hybridized carbons (Fsp3) is 0.824. The monoisotopic (exact) mass is 307 g/mol. The highest BCUT2D eigenvalue weighted by Gasteiger charge is 2.35. The molecule has 118 valence electrons. The topological polar surface area (TPSA) is 42.2 Å². The number of fused-ring (bicyclic) bond motifs is 1. The maximum Gasteiger partial charge on any atom is 0.186 e. The first-order chi connectivity index (χ1) is 10.2. The Hall–Kier alpha value is -0.610. The molecule has 4 heteroatoms. The highest BCUT2D eigenvalue weighted by Crippen LogP contribution is 2.40. The van der Waals surface area contributed by atoms with E-state index in [-0.39, 0.29) is 0 Å². The van der Waals surface area contributed by atoms with Gasteiger partial charge in [-0.15, -0.1) is 11.3 Å². The Morgan fingerprint density at radius 3 is 2.81 bits per heavy atom. The molecule has 0 bridgehead atoms. The molecule has 2 heterocycles. The second-order valence-electron chi connectivity index (χ2n) is 6.77. The van der Waals surface area contributed by atoms with Gasteiger partial charge in [0.1, 0.15) is 0 Å². The minimum absolute atomic E-state index is 0.528. The van der Waals surface area contributed by atoms with Gasteiger partial charge in [-0.05, 0) is 43.9 Å². The van der Waals surface area contributed by atoms with Crippen molar-refractivity contribution in [3.8, 4) is 0 Å². The highest BCUT2D eigenvalue weighted by atomic mass is 32.1. The number of thiazole rings is 1. The maximum absolute atomic E-state index is 5.97. The largest absolute Gasteiger partial charge is 0.345 e. The number of hydrogen-bond donors (Lipinski definition) is 1. The van der Waals surface area contributed by atoms with Gasteiger partial charge in [-0.2, -0.15) is 0 Å². The number of anilines is 1. The Labute approximate surface area is 132 Å². The molecular weight excluding hydrogens is 278 g/mol. The number of nitrogens with zero attached hydrogens (tertiary/aromatic N) is 2. The summed E-state index contributed by atoms with van der Waals surface area (Å²) in [6.45, 7) is 6.34. The van der Waals surface area contributed by atoms with E-state index in [1.54, 1.807) is 0 Å². The molecule has 2 N–H and O–H groups in total. The van der Waals surface area contributed by atoms with Crippen LogP contribution in [0.4, 0.5) is 5.13 Å². The number of piperidine rings is 1. The minimum Gasteiger partial charge on any atom is -0.345 e. The highest BCUT2D eigenvalue weighted by molar-refractivity contribution is 7.15. The van der Waals surface area contributed by atoms with E-state index in [1.807, 2.05) is 11.3 Å². The van der Waals surface area contributed by atoms with E-state index < -0.39 is 0 Å². The van der Waals surface area contributed by atoms with E-state index >= 15 is 0 Å². The number of aromatic nitrogens is 1. The summed E-state index contributed by atoms with van der Waals surface area (Å²) < 4.78 is 0. The van der Waals surface area contributed by atoms with Crippen molar-refractivity contribution in [1.29, 1.82) is 0 Å². The molecule has 0 amide bonds. The van der Waals surface area contributed by atoms with Gasteiger partial charge < -0.3 is 10.6 Å². The molecule has 1 aromatic heterocycles. The van der Waals surface area contributed by atoms with E-state index in [9.17, 15) is 0 Å². The van der Waals surface area contributed by atoms with Gasteiger partial charge in [0.25, 0.3) is 0 Å². The lowest BCUT2D eigenvalue weighted by molar-refractivity contribution is 0.243. The summed E-state index contributed by atoms with van der Waals surface area (Å²) >= 11 is 1.86. The fourth-order valence-corrected chi connectivity index (χ4v) is 5.20. The molecule has 1 unspecified atom stereocenters. The van der Waals surface area contributed by atoms with Crippen LogP contribution in [0.2, 0.25) is 0 Å². The van der Waals surface area contributed by atoms with Crippen molar-refractivity contribution in [3.63, 3.8) is 0 Å². The molecule has 0 aromatic carbocycles. The summed E-state index contributed by atoms with van der Waals surface area (Å²) in [5.74, 6) is 1.44. The van der Waals surface area contributed by atoms with Gasteiger partial charge in [0.2, 0.25) is 0 Å². The molecule has 2 aliphatic rings. The van der Waals surface area contributed by atoms with Crippen LogP contribution in [0.1, 0.15) is 75.3 Å². The first kappa shape index (κ1) is 15.3. The molecule has 1 saturated heterocycles. The van der Waals surface area contributed by atoms with Crippen LogP contribution in [0.25, 0.3) is 0 Å². The van der Waals surface area contributed by atoms with E-state index in [0.29, 0.717) is 12.5 Å². The predicted octanol–water partition coefficient (Wildman–Crippen LogP) is 4.27. The van der Waals surface area contributed by atoms with Gasteiger partial charge in [0.05, 0.1) is 5.69 Å². The lowest BCUT2D eigenvalue weighted by Gasteiger charge is -2.44. The first-order valence-electron chi connectivity index (χ1n) is 8.70. The van der Waals surface area contributed by atoms with E-state index in [1.165, 1.54) is 60.8 Å². The zero-order valence-corrected chi connectivity index (χ0v) is 14.3. The first-order valence-corrected chi connectivity index (χ1v) is 9.52. The summed E-state index contributed by atoms with van der Waals surface area (Å²) in [6, 6.07) is 0.744. The molecule has 0 radical (unpaired) electrons. The molecule has 1 aliphatic heterocycles. The molecule has 1 aromatic rings. The Morgan fingerprint density at radius 2 is 2.05 bits per heavy atom. The molecule has 3 rings (SSSR count). The van der Waals surface area contributed by atoms with Crippen LogP contribution in [0.5, 0.6) is 0 Å². The molecule has 1 aliphatic carbocycles. The molecule has 2 fully saturated rings. The van der Waals surface area contributed by atoms with Crippen molar-refractivity contribution in [1.82, 2.24) is 4.98 Å². The van der Waals surface area contributed by atoms with Crippen LogP contribution < -0.4 is 10.6 Å². The summed E-state index contributed by atoms with van der Waals surface area (Å²) in [5, 5.41) is 1.25. The standard InChI is InChI=1S/C17H29N3S/c1-3-12(2)16-15(11-18)21-17(19-16)20-10-6-8-13-7-4-5-9-14(13)20/h12-14H,3-11,18H2,1-2H3/t12?,13-,14-/m1/s1. The Balaban J connectivity index is 1.86. The second kappa shape index (κ2) is 6.66. The van der Waals surface area contributed by atoms with Crippen molar-refractivity contribution < 1.29 is 0 Å². The normalized spacial score (nSPS) is 27.5. The zero-order chi connectivity index (χ0) is 14.8. The van der Waals surface area contributed by atoms with Gasteiger partial charge in [0, 0.05) is 24.0 Å². The van der Waals surface area contributed by atoms with Crippen LogP contribution in [-0.2, 0) is 6.54 Å². The SMILES string of the molecule is CCC(C)c1nc(N2CCC[C@H]3CCCC[C@H]32)sc1CN. The predicted molar refractivity (Wildman–Crippen MR) is 91.0 cm³/mol. The number of nitrogens with two attached hydrogens (primary N) is 1. The smallest absolute Gasteiger partial charge is 0.186 e. The van der Waals surface area contributed by atoms with Crippen LogP contribution in [-0.4, -0.2) is 17.6 Å². The second-order valence-corrected chi connectivity index (χ2v) is 7.83. The van der Waals surface area contributed by atoms with Gasteiger partial charge in [0.15, 0.2) is 5.13 Å². The summed E-state index contributed by atoms with van der Waals surface area (Å²) in [4.78, 5) is 8.96. The lowest BCUT2D eigenvalue weighted by atomic mass is 9.78. The summed E-state index contributed by atoms with van der Waals surface area (Å²) in [6.07, 6.45) is 9.51. The Kier molecular flexibility index (Phi) is 4.85. The average molecular weight is 308 g/mol. The molecular formula is C17H29N3S. The third kappa shape index (κ3) is 2.98. The molecule has 1 saturated carbocycles. The van der Waals surface area contributed by atoms with Gasteiger partial charge in [-0.3, -0.25) is 0 Å². The van der Waals surface area contributed by atoms with Gasteiger partial charge in [-0.1, -0.05) is 26.7 Å². The van der Waals surface area contributed by atoms with Gasteiger partial charge >= 0.3 is 0 Å². The fourth-order valence-electron chi connectivity index (χ4n) is 4.06. The number of hydrogen-bond acceptors (Lipinski definition) is 4. The average Bonchev–Trinajstić information content (AvgIpc) is 2.97. The molecule has 3 atom stereocenters. The molecule has 21 heavy (non-hydrogen) atoms. The maximum atomic E-state index is 5.97. The summed E-state index contributed by atoms with van der Waals surface area (Å²) in [7, 11) is 0. The van der Waals surface area contributed by atoms with Crippen molar-refractivity contribution in [2.24, 2.45) is 11.7 Å². The van der Waals surface area contributed by atoms with Crippen LogP contribution in [0.3, 0.4) is 0 Å². The third-order valence-electron chi connectivity index (χ3n) is 5.47. The van der Waals surface area contributed by atoms with E-state index in [2.05, 4.69) is 18.7 Å². The van der Waals surface area contributed by atoms with Gasteiger partial charge in [-0.25, -0.2) is 4.98 Å². The van der Waals surface area contributed by atoms with Crippen LogP contribution >= 0.6 is 11.3 Å². The third-order valence-corrected chi connectivity index (χ3v) is 6.60. The minimum atomic E-state index is 0.528. The molecule has 0 spiro atoms. The van der Waals surface area contributed by atoms with Crippen LogP contribution in [0.15, 0.2) is 0 Å². The summed E-state index contributed by atoms with van der Waals surface area (Å²) in [5.41, 5.74) is 7.23. The van der Waals surface area contributed by atoms with Crippen LogP contribution in [0, 0.1) is 5.92 Å². The van der Waals surface area contributed by atoms with Crippen molar-refractivity contribution >= 4 is 16.5 Å². The Morgan fingerprint density at radius 1 is 1.29 bits per heavy atom. The number of rotatable bonds is 4. The Bertz CT molecular complexity index is 469. The van der Waals surface area contributed by atoms with Crippen molar-refractivity contribution in [3.05, 3.63) is 10.6 Å². The quantitative estimate of drug-likeness (QED) is 0.903. The lowest BCUT2D eigenvalue weighted by Crippen LogP contribution is -2.46. The van der Waals surface area contributed by atoms with E-state index in [0.717, 1.165) is 18.4 Å². The molecule has 3 nitrogen and oxygen atoms in total. The van der Waals surface area contributed by atoms with E-state index in [4.69, 9.17) is 10.7 Å².